The van der Waals surface area contributed by atoms with Gasteiger partial charge in [-0.05, 0) is 37.5 Å². The predicted octanol–water partition coefficient (Wildman–Crippen LogP) is 3.76. The van der Waals surface area contributed by atoms with Crippen molar-refractivity contribution in [1.82, 2.24) is 0 Å². The van der Waals surface area contributed by atoms with Crippen molar-refractivity contribution in [2.75, 3.05) is 0 Å². The van der Waals surface area contributed by atoms with E-state index in [0.29, 0.717) is 12.0 Å². The summed E-state index contributed by atoms with van der Waals surface area (Å²) >= 11 is 6.00. The van der Waals surface area contributed by atoms with Gasteiger partial charge in [0.2, 0.25) is 0 Å². The molecule has 1 nitrogen and oxygen atoms in total. The number of halogens is 1. The molecule has 14 heavy (non-hydrogen) atoms. The Kier molecular flexibility index (Phi) is 1.94. The highest BCUT2D eigenvalue weighted by atomic mass is 35.5. The Bertz CT molecular complexity index is 361. The number of fused-ring (bicyclic) bond motifs is 3. The third kappa shape index (κ3) is 1.23. The molecule has 1 heterocycles. The monoisotopic (exact) mass is 208 g/mol. The maximum atomic E-state index is 6.00. The van der Waals surface area contributed by atoms with Crippen molar-refractivity contribution in [3.8, 4) is 5.75 Å². The van der Waals surface area contributed by atoms with Crippen LogP contribution in [0.3, 0.4) is 0 Å². The van der Waals surface area contributed by atoms with Gasteiger partial charge >= 0.3 is 0 Å². The van der Waals surface area contributed by atoms with Crippen molar-refractivity contribution in [2.45, 2.75) is 37.7 Å². The van der Waals surface area contributed by atoms with Gasteiger partial charge in [0.1, 0.15) is 11.9 Å². The number of benzene rings is 1. The van der Waals surface area contributed by atoms with Crippen LogP contribution in [-0.4, -0.2) is 6.10 Å². The zero-order valence-electron chi connectivity index (χ0n) is 8.00. The highest BCUT2D eigenvalue weighted by molar-refractivity contribution is 6.30. The summed E-state index contributed by atoms with van der Waals surface area (Å²) in [6, 6.07) is 6.00. The molecule has 0 amide bonds. The van der Waals surface area contributed by atoms with Crippen LogP contribution in [0.5, 0.6) is 5.75 Å². The van der Waals surface area contributed by atoms with E-state index in [9.17, 15) is 0 Å². The van der Waals surface area contributed by atoms with Gasteiger partial charge in [0.05, 0.1) is 0 Å². The fourth-order valence-electron chi connectivity index (χ4n) is 2.67. The highest BCUT2D eigenvalue weighted by Gasteiger charge is 2.35. The van der Waals surface area contributed by atoms with E-state index in [4.69, 9.17) is 16.3 Å². The lowest BCUT2D eigenvalue weighted by atomic mass is 9.83. The van der Waals surface area contributed by atoms with E-state index >= 15 is 0 Å². The molecule has 1 aromatic carbocycles. The molecule has 2 atom stereocenters. The molecule has 1 fully saturated rings. The number of hydrogen-bond acceptors (Lipinski definition) is 1. The summed E-state index contributed by atoms with van der Waals surface area (Å²) in [6.45, 7) is 0. The van der Waals surface area contributed by atoms with Gasteiger partial charge in [-0.25, -0.2) is 0 Å². The van der Waals surface area contributed by atoms with E-state index in [0.717, 1.165) is 10.8 Å². The Balaban J connectivity index is 2.02. The second-order valence-electron chi connectivity index (χ2n) is 4.23. The third-order valence-corrected chi connectivity index (χ3v) is 3.59. The SMILES string of the molecule is Clc1ccc2c(c1)[C@@H]1CCCC[C@@H]1O2. The van der Waals surface area contributed by atoms with Crippen molar-refractivity contribution in [2.24, 2.45) is 0 Å². The first-order valence-electron chi connectivity index (χ1n) is 5.31. The molecular weight excluding hydrogens is 196 g/mol. The van der Waals surface area contributed by atoms with Crippen LogP contribution in [0.2, 0.25) is 5.02 Å². The van der Waals surface area contributed by atoms with Crippen LogP contribution in [0.15, 0.2) is 18.2 Å². The topological polar surface area (TPSA) is 9.23 Å². The Labute approximate surface area is 89.0 Å². The predicted molar refractivity (Wildman–Crippen MR) is 57.1 cm³/mol. The third-order valence-electron chi connectivity index (χ3n) is 3.35. The summed E-state index contributed by atoms with van der Waals surface area (Å²) in [4.78, 5) is 0. The van der Waals surface area contributed by atoms with Crippen LogP contribution in [0.25, 0.3) is 0 Å². The van der Waals surface area contributed by atoms with E-state index in [1.165, 1.54) is 31.2 Å². The van der Waals surface area contributed by atoms with Crippen LogP contribution in [-0.2, 0) is 0 Å². The van der Waals surface area contributed by atoms with Crippen LogP contribution in [0.4, 0.5) is 0 Å². The van der Waals surface area contributed by atoms with Crippen LogP contribution in [0.1, 0.15) is 37.2 Å². The smallest absolute Gasteiger partial charge is 0.123 e. The number of ether oxygens (including phenoxy) is 1. The minimum absolute atomic E-state index is 0.428. The molecule has 0 spiro atoms. The van der Waals surface area contributed by atoms with Crippen molar-refractivity contribution in [3.05, 3.63) is 28.8 Å². The highest BCUT2D eigenvalue weighted by Crippen LogP contribution is 2.46. The van der Waals surface area contributed by atoms with Gasteiger partial charge in [0.15, 0.2) is 0 Å². The molecule has 0 radical (unpaired) electrons. The Morgan fingerprint density at radius 3 is 3.00 bits per heavy atom. The molecule has 2 heteroatoms. The standard InChI is InChI=1S/C12H13ClO/c13-8-5-6-12-10(7-8)9-3-1-2-4-11(9)14-12/h5-7,9,11H,1-4H2/t9-,11-/m0/s1. The summed E-state index contributed by atoms with van der Waals surface area (Å²) in [5.41, 5.74) is 1.34. The maximum Gasteiger partial charge on any atom is 0.123 e. The maximum absolute atomic E-state index is 6.00. The quantitative estimate of drug-likeness (QED) is 0.631. The second-order valence-corrected chi connectivity index (χ2v) is 4.67. The summed E-state index contributed by atoms with van der Waals surface area (Å²) in [5.74, 6) is 1.67. The first-order chi connectivity index (χ1) is 6.84. The van der Waals surface area contributed by atoms with Gasteiger partial charge in [-0.15, -0.1) is 0 Å². The first kappa shape index (κ1) is 8.60. The lowest BCUT2D eigenvalue weighted by Crippen LogP contribution is -2.22. The molecule has 1 saturated carbocycles. The molecule has 2 aliphatic rings. The van der Waals surface area contributed by atoms with Crippen LogP contribution >= 0.6 is 11.6 Å². The molecule has 1 aliphatic carbocycles. The van der Waals surface area contributed by atoms with Crippen LogP contribution < -0.4 is 4.74 Å². The molecule has 3 rings (SSSR count). The average molecular weight is 209 g/mol. The summed E-state index contributed by atoms with van der Waals surface area (Å²) < 4.78 is 5.91. The normalized spacial score (nSPS) is 29.2. The van der Waals surface area contributed by atoms with Crippen molar-refractivity contribution >= 4 is 11.6 Å². The number of rotatable bonds is 0. The van der Waals surface area contributed by atoms with E-state index < -0.39 is 0 Å². The fourth-order valence-corrected chi connectivity index (χ4v) is 2.85. The Morgan fingerprint density at radius 2 is 2.07 bits per heavy atom. The minimum Gasteiger partial charge on any atom is -0.489 e. The second kappa shape index (κ2) is 3.16. The fraction of sp³-hybridized carbons (Fsp3) is 0.500. The van der Waals surface area contributed by atoms with Gasteiger partial charge in [0.25, 0.3) is 0 Å². The van der Waals surface area contributed by atoms with E-state index in [2.05, 4.69) is 6.07 Å². The lowest BCUT2D eigenvalue weighted by molar-refractivity contribution is 0.164. The molecule has 0 aromatic heterocycles. The van der Waals surface area contributed by atoms with Gasteiger partial charge in [-0.2, -0.15) is 0 Å². The summed E-state index contributed by atoms with van der Waals surface area (Å²) in [5, 5.41) is 0.832. The van der Waals surface area contributed by atoms with E-state index in [1.807, 2.05) is 12.1 Å². The van der Waals surface area contributed by atoms with Gasteiger partial charge < -0.3 is 4.74 Å². The average Bonchev–Trinajstić information content (AvgIpc) is 2.56. The zero-order chi connectivity index (χ0) is 9.54. The molecule has 0 bridgehead atoms. The molecule has 0 unspecified atom stereocenters. The van der Waals surface area contributed by atoms with Crippen molar-refractivity contribution in [3.63, 3.8) is 0 Å². The lowest BCUT2D eigenvalue weighted by Gasteiger charge is -2.23. The zero-order valence-corrected chi connectivity index (χ0v) is 8.76. The summed E-state index contributed by atoms with van der Waals surface area (Å²) in [7, 11) is 0. The molecule has 0 N–H and O–H groups in total. The summed E-state index contributed by atoms with van der Waals surface area (Å²) in [6.07, 6.45) is 5.53. The molecular formula is C12H13ClO. The van der Waals surface area contributed by atoms with E-state index in [-0.39, 0.29) is 0 Å². The Morgan fingerprint density at radius 1 is 1.21 bits per heavy atom. The van der Waals surface area contributed by atoms with Gasteiger partial charge in [0, 0.05) is 16.5 Å². The van der Waals surface area contributed by atoms with Crippen LogP contribution in [0, 0.1) is 0 Å². The minimum atomic E-state index is 0.428. The van der Waals surface area contributed by atoms with Crippen molar-refractivity contribution in [1.29, 1.82) is 0 Å². The first-order valence-corrected chi connectivity index (χ1v) is 5.68. The Hall–Kier alpha value is -0.690. The molecule has 0 saturated heterocycles. The largest absolute Gasteiger partial charge is 0.489 e. The molecule has 74 valence electrons. The molecule has 1 aromatic rings. The molecule has 1 aliphatic heterocycles. The van der Waals surface area contributed by atoms with Gasteiger partial charge in [-0.3, -0.25) is 0 Å². The van der Waals surface area contributed by atoms with Crippen molar-refractivity contribution < 1.29 is 4.74 Å². The van der Waals surface area contributed by atoms with Gasteiger partial charge in [-0.1, -0.05) is 18.0 Å². The van der Waals surface area contributed by atoms with E-state index in [1.54, 1.807) is 0 Å². The number of hydrogen-bond donors (Lipinski definition) is 0.